The molecular weight excluding hydrogens is 521 g/mol. The van der Waals surface area contributed by atoms with Gasteiger partial charge in [-0.15, -0.1) is 0 Å². The molecule has 1 aliphatic heterocycles. The molecule has 0 unspecified atom stereocenters. The minimum atomic E-state index is -0.465. The summed E-state index contributed by atoms with van der Waals surface area (Å²) in [4.78, 5) is 26.6. The van der Waals surface area contributed by atoms with E-state index in [9.17, 15) is 14.0 Å². The summed E-state index contributed by atoms with van der Waals surface area (Å²) in [5.41, 5.74) is 3.13. The van der Waals surface area contributed by atoms with Crippen LogP contribution in [0.5, 0.6) is 11.5 Å². The zero-order chi connectivity index (χ0) is 24.2. The lowest BCUT2D eigenvalue weighted by atomic mass is 10.1. The first-order valence-corrected chi connectivity index (χ1v) is 12.0. The van der Waals surface area contributed by atoms with E-state index in [1.165, 1.54) is 18.7 Å². The quantitative estimate of drug-likeness (QED) is 0.310. The highest BCUT2D eigenvalue weighted by Gasteiger charge is 2.35. The Hall–Kier alpha value is -3.10. The number of rotatable bonds is 7. The molecule has 4 rings (SSSR count). The summed E-state index contributed by atoms with van der Waals surface area (Å²) in [6, 6.07) is 17.7. The maximum absolute atomic E-state index is 14.0. The molecule has 174 valence electrons. The van der Waals surface area contributed by atoms with Crippen LogP contribution in [-0.2, 0) is 17.9 Å². The standard InChI is InChI=1S/C26H21BrFNO4S/c1-16-7-9-17(10-8-16)15-33-24-20(27)11-18(12-22(24)32-2)13-23-25(30)29(26(31)34-23)14-19-5-3-4-6-21(19)28/h3-13H,14-15H2,1-2H3/b23-13-. The van der Waals surface area contributed by atoms with Gasteiger partial charge >= 0.3 is 0 Å². The van der Waals surface area contributed by atoms with Gasteiger partial charge in [0.15, 0.2) is 11.5 Å². The number of imide groups is 1. The fourth-order valence-corrected chi connectivity index (χ4v) is 4.80. The minimum absolute atomic E-state index is 0.118. The predicted octanol–water partition coefficient (Wildman–Crippen LogP) is 6.72. The SMILES string of the molecule is COc1cc(/C=C2\SC(=O)N(Cc3ccccc3F)C2=O)cc(Br)c1OCc1ccc(C)cc1. The number of halogens is 2. The predicted molar refractivity (Wildman–Crippen MR) is 134 cm³/mol. The number of ether oxygens (including phenoxy) is 2. The van der Waals surface area contributed by atoms with Gasteiger partial charge in [-0.2, -0.15) is 0 Å². The fraction of sp³-hybridized carbons (Fsp3) is 0.154. The summed E-state index contributed by atoms with van der Waals surface area (Å²) < 4.78 is 26.1. The molecule has 1 aliphatic rings. The summed E-state index contributed by atoms with van der Waals surface area (Å²) in [6.07, 6.45) is 1.61. The molecule has 8 heteroatoms. The molecule has 0 bridgehead atoms. The molecule has 1 fully saturated rings. The summed E-state index contributed by atoms with van der Waals surface area (Å²) in [5.74, 6) is 0.0969. The van der Waals surface area contributed by atoms with Crippen molar-refractivity contribution in [2.45, 2.75) is 20.1 Å². The first-order valence-electron chi connectivity index (χ1n) is 10.4. The highest BCUT2D eigenvalue weighted by Crippen LogP contribution is 2.39. The van der Waals surface area contributed by atoms with E-state index in [2.05, 4.69) is 15.9 Å². The molecule has 3 aromatic carbocycles. The van der Waals surface area contributed by atoms with E-state index in [0.29, 0.717) is 28.1 Å². The van der Waals surface area contributed by atoms with Gasteiger partial charge in [-0.3, -0.25) is 14.5 Å². The van der Waals surface area contributed by atoms with E-state index in [4.69, 9.17) is 9.47 Å². The lowest BCUT2D eigenvalue weighted by molar-refractivity contribution is -0.123. The Balaban J connectivity index is 1.53. The van der Waals surface area contributed by atoms with Crippen molar-refractivity contribution in [2.75, 3.05) is 7.11 Å². The zero-order valence-corrected chi connectivity index (χ0v) is 20.9. The van der Waals surface area contributed by atoms with Crippen LogP contribution in [0.25, 0.3) is 6.08 Å². The van der Waals surface area contributed by atoms with Crippen molar-refractivity contribution in [3.63, 3.8) is 0 Å². The average Bonchev–Trinajstić information content (AvgIpc) is 3.07. The fourth-order valence-electron chi connectivity index (χ4n) is 3.39. The van der Waals surface area contributed by atoms with Gasteiger partial charge in [0.05, 0.1) is 23.0 Å². The second-order valence-electron chi connectivity index (χ2n) is 7.67. The van der Waals surface area contributed by atoms with E-state index >= 15 is 0 Å². The van der Waals surface area contributed by atoms with E-state index in [0.717, 1.165) is 22.2 Å². The van der Waals surface area contributed by atoms with Crippen LogP contribution >= 0.6 is 27.7 Å². The van der Waals surface area contributed by atoms with Crippen molar-refractivity contribution < 1.29 is 23.5 Å². The van der Waals surface area contributed by atoms with Crippen LogP contribution in [0, 0.1) is 12.7 Å². The first kappa shape index (κ1) is 24.0. The Labute approximate surface area is 209 Å². The molecule has 2 amide bonds. The van der Waals surface area contributed by atoms with Crippen molar-refractivity contribution in [2.24, 2.45) is 0 Å². The van der Waals surface area contributed by atoms with Crippen LogP contribution in [0.4, 0.5) is 9.18 Å². The number of hydrogen-bond donors (Lipinski definition) is 0. The Kier molecular flexibility index (Phi) is 7.38. The van der Waals surface area contributed by atoms with Crippen LogP contribution in [0.2, 0.25) is 0 Å². The van der Waals surface area contributed by atoms with Crippen LogP contribution in [0.15, 0.2) is 70.0 Å². The molecule has 3 aromatic rings. The maximum Gasteiger partial charge on any atom is 0.293 e. The zero-order valence-electron chi connectivity index (χ0n) is 18.5. The molecule has 0 atom stereocenters. The van der Waals surface area contributed by atoms with E-state index in [1.54, 1.807) is 36.4 Å². The van der Waals surface area contributed by atoms with Crippen molar-refractivity contribution >= 4 is 44.9 Å². The lowest BCUT2D eigenvalue weighted by Gasteiger charge is -2.14. The second kappa shape index (κ2) is 10.4. The second-order valence-corrected chi connectivity index (χ2v) is 9.52. The number of carbonyl (C=O) groups excluding carboxylic acids is 2. The smallest absolute Gasteiger partial charge is 0.293 e. The summed E-state index contributed by atoms with van der Waals surface area (Å²) in [6.45, 7) is 2.27. The van der Waals surface area contributed by atoms with Crippen molar-refractivity contribution in [1.82, 2.24) is 4.90 Å². The lowest BCUT2D eigenvalue weighted by Crippen LogP contribution is -2.27. The molecule has 0 aromatic heterocycles. The summed E-state index contributed by atoms with van der Waals surface area (Å²) >= 11 is 4.34. The normalized spacial score (nSPS) is 14.7. The Morgan fingerprint density at radius 3 is 2.53 bits per heavy atom. The van der Waals surface area contributed by atoms with Crippen LogP contribution in [-0.4, -0.2) is 23.2 Å². The largest absolute Gasteiger partial charge is 0.493 e. The van der Waals surface area contributed by atoms with Crippen molar-refractivity contribution in [3.8, 4) is 11.5 Å². The number of carbonyl (C=O) groups is 2. The first-order chi connectivity index (χ1) is 16.4. The Morgan fingerprint density at radius 2 is 1.82 bits per heavy atom. The number of amides is 2. The molecule has 5 nitrogen and oxygen atoms in total. The average molecular weight is 542 g/mol. The molecule has 0 saturated carbocycles. The monoisotopic (exact) mass is 541 g/mol. The number of thioether (sulfide) groups is 1. The van der Waals surface area contributed by atoms with Gasteiger partial charge < -0.3 is 9.47 Å². The third-order valence-corrected chi connectivity index (χ3v) is 6.71. The van der Waals surface area contributed by atoms with Crippen molar-refractivity contribution in [1.29, 1.82) is 0 Å². The van der Waals surface area contributed by atoms with Gasteiger partial charge in [0.25, 0.3) is 11.1 Å². The van der Waals surface area contributed by atoms with Crippen LogP contribution in [0.3, 0.4) is 0 Å². The molecule has 1 saturated heterocycles. The van der Waals surface area contributed by atoms with E-state index < -0.39 is 17.0 Å². The minimum Gasteiger partial charge on any atom is -0.493 e. The highest BCUT2D eigenvalue weighted by molar-refractivity contribution is 9.10. The number of aryl methyl sites for hydroxylation is 1. The number of benzene rings is 3. The topological polar surface area (TPSA) is 55.8 Å². The number of nitrogens with zero attached hydrogens (tertiary/aromatic N) is 1. The van der Waals surface area contributed by atoms with E-state index in [-0.39, 0.29) is 17.0 Å². The summed E-state index contributed by atoms with van der Waals surface area (Å²) in [5, 5.41) is -0.441. The van der Waals surface area contributed by atoms with Gasteiger partial charge in [0.2, 0.25) is 0 Å². The van der Waals surface area contributed by atoms with Crippen LogP contribution < -0.4 is 9.47 Å². The van der Waals surface area contributed by atoms with Gasteiger partial charge in [-0.1, -0.05) is 48.0 Å². The molecular formula is C26H21BrFNO4S. The Bertz CT molecular complexity index is 1280. The molecule has 0 radical (unpaired) electrons. The Morgan fingerprint density at radius 1 is 1.09 bits per heavy atom. The van der Waals surface area contributed by atoms with E-state index in [1.807, 2.05) is 31.2 Å². The van der Waals surface area contributed by atoms with Gasteiger partial charge in [0, 0.05) is 5.56 Å². The third-order valence-electron chi connectivity index (χ3n) is 5.21. The molecule has 34 heavy (non-hydrogen) atoms. The van der Waals surface area contributed by atoms with Crippen LogP contribution in [0.1, 0.15) is 22.3 Å². The molecule has 0 aliphatic carbocycles. The van der Waals surface area contributed by atoms with Gasteiger partial charge in [-0.25, -0.2) is 4.39 Å². The summed E-state index contributed by atoms with van der Waals surface area (Å²) in [7, 11) is 1.53. The number of hydrogen-bond acceptors (Lipinski definition) is 5. The molecule has 1 heterocycles. The van der Waals surface area contributed by atoms with Gasteiger partial charge in [-0.05, 0) is 70.0 Å². The third kappa shape index (κ3) is 5.34. The number of methoxy groups -OCH3 is 1. The van der Waals surface area contributed by atoms with Crippen molar-refractivity contribution in [3.05, 3.63) is 98.1 Å². The molecule has 0 spiro atoms. The van der Waals surface area contributed by atoms with Gasteiger partial charge in [0.1, 0.15) is 12.4 Å². The molecule has 0 N–H and O–H groups in total. The maximum atomic E-state index is 14.0. The highest BCUT2D eigenvalue weighted by atomic mass is 79.9.